The molecule has 1 amide bonds. The highest BCUT2D eigenvalue weighted by Crippen LogP contribution is 2.30. The van der Waals surface area contributed by atoms with Gasteiger partial charge >= 0.3 is 12.1 Å². The van der Waals surface area contributed by atoms with E-state index in [9.17, 15) is 18.0 Å². The van der Waals surface area contributed by atoms with Crippen molar-refractivity contribution in [2.45, 2.75) is 13.1 Å². The first-order valence-electron chi connectivity index (χ1n) is 12.4. The van der Waals surface area contributed by atoms with Gasteiger partial charge in [0, 0.05) is 31.0 Å². The number of pyridine rings is 2. The largest absolute Gasteiger partial charge is 0.490 e. The molecule has 5 heterocycles. The molecule has 0 spiro atoms. The lowest BCUT2D eigenvalue weighted by Crippen LogP contribution is -2.48. The smallest absolute Gasteiger partial charge is 0.475 e. The van der Waals surface area contributed by atoms with Crippen LogP contribution in [0.15, 0.2) is 61.3 Å². The third-order valence-electron chi connectivity index (χ3n) is 5.99. The van der Waals surface area contributed by atoms with Crippen molar-refractivity contribution in [2.24, 2.45) is 0 Å². The van der Waals surface area contributed by atoms with Crippen molar-refractivity contribution in [3.05, 3.63) is 66.9 Å². The minimum Gasteiger partial charge on any atom is -0.475 e. The van der Waals surface area contributed by atoms with Gasteiger partial charge in [-0.15, -0.1) is 0 Å². The number of rotatable bonds is 5. The summed E-state index contributed by atoms with van der Waals surface area (Å²) in [7, 11) is 0. The van der Waals surface area contributed by atoms with Gasteiger partial charge in [-0.3, -0.25) is 9.69 Å². The number of nitrogens with zero attached hydrogens (tertiary/aromatic N) is 7. The van der Waals surface area contributed by atoms with Gasteiger partial charge in [-0.05, 0) is 48.9 Å². The maximum atomic E-state index is 12.3. The summed E-state index contributed by atoms with van der Waals surface area (Å²) in [4.78, 5) is 40.5. The summed E-state index contributed by atoms with van der Waals surface area (Å²) in [5, 5.41) is 17.6. The fourth-order valence-electron chi connectivity index (χ4n) is 3.99. The lowest BCUT2D eigenvalue weighted by molar-refractivity contribution is -0.192. The van der Waals surface area contributed by atoms with Crippen molar-refractivity contribution in [1.82, 2.24) is 34.9 Å². The van der Waals surface area contributed by atoms with Gasteiger partial charge in [0.05, 0.1) is 12.1 Å². The molecule has 0 unspecified atom stereocenters. The van der Waals surface area contributed by atoms with E-state index in [0.717, 1.165) is 23.5 Å². The van der Waals surface area contributed by atoms with E-state index in [1.807, 2.05) is 49.4 Å². The number of benzene rings is 1. The molecular weight excluding hydrogens is 559 g/mol. The number of carbonyl (C=O) groups excluding carboxylic acids is 1. The van der Waals surface area contributed by atoms with Crippen molar-refractivity contribution in [3.63, 3.8) is 0 Å². The van der Waals surface area contributed by atoms with Crippen LogP contribution in [0.5, 0.6) is 11.5 Å². The number of carbonyl (C=O) groups is 2. The lowest BCUT2D eigenvalue weighted by Gasteiger charge is -2.26. The molecule has 0 radical (unpaired) electrons. The zero-order valence-corrected chi connectivity index (χ0v) is 21.8. The SMILES string of the molecule is Cc1cc(Nc2ncnc3ccc(N4CCNCC4=O)nc23)ccc1Oc1ccn2ncnc2c1.O=C(O)C(F)(F)F. The molecule has 42 heavy (non-hydrogen) atoms. The Hall–Kier alpha value is -5.38. The van der Waals surface area contributed by atoms with Crippen molar-refractivity contribution in [1.29, 1.82) is 0 Å². The van der Waals surface area contributed by atoms with Crippen LogP contribution in [0.2, 0.25) is 0 Å². The Bertz CT molecular complexity index is 1780. The number of aliphatic carboxylic acids is 1. The van der Waals surface area contributed by atoms with Crippen molar-refractivity contribution < 1.29 is 32.6 Å². The van der Waals surface area contributed by atoms with Gasteiger partial charge < -0.3 is 20.5 Å². The molecule has 13 nitrogen and oxygen atoms in total. The highest BCUT2D eigenvalue weighted by atomic mass is 19.4. The Balaban J connectivity index is 0.000000451. The van der Waals surface area contributed by atoms with E-state index in [0.29, 0.717) is 47.2 Å². The molecular formula is C26H22F3N9O4. The summed E-state index contributed by atoms with van der Waals surface area (Å²) in [5.74, 6) is -0.215. The van der Waals surface area contributed by atoms with Gasteiger partial charge in [0.25, 0.3) is 0 Å². The van der Waals surface area contributed by atoms with Crippen molar-refractivity contribution in [3.8, 4) is 11.5 Å². The first-order chi connectivity index (χ1) is 20.1. The van der Waals surface area contributed by atoms with Crippen LogP contribution in [-0.4, -0.2) is 72.3 Å². The normalized spacial score (nSPS) is 13.5. The number of carboxylic acid groups (broad SMARTS) is 1. The second kappa shape index (κ2) is 11.6. The third-order valence-corrected chi connectivity index (χ3v) is 5.99. The van der Waals surface area contributed by atoms with Crippen LogP contribution < -0.4 is 20.3 Å². The molecule has 216 valence electrons. The van der Waals surface area contributed by atoms with Crippen molar-refractivity contribution in [2.75, 3.05) is 29.9 Å². The number of anilines is 3. The Kier molecular flexibility index (Phi) is 7.79. The fraction of sp³-hybridized carbons (Fsp3) is 0.192. The molecule has 1 aliphatic rings. The van der Waals surface area contributed by atoms with E-state index in [2.05, 4.69) is 30.7 Å². The van der Waals surface area contributed by atoms with Gasteiger partial charge in [0.2, 0.25) is 5.91 Å². The molecule has 1 saturated heterocycles. The number of alkyl halides is 3. The summed E-state index contributed by atoms with van der Waals surface area (Å²) >= 11 is 0. The van der Waals surface area contributed by atoms with E-state index in [1.54, 1.807) is 15.6 Å². The number of nitrogens with one attached hydrogen (secondary N) is 2. The van der Waals surface area contributed by atoms with Crippen LogP contribution in [0.3, 0.4) is 0 Å². The lowest BCUT2D eigenvalue weighted by atomic mass is 10.2. The highest BCUT2D eigenvalue weighted by molar-refractivity contribution is 5.96. The Morgan fingerprint density at radius 3 is 2.64 bits per heavy atom. The number of aryl methyl sites for hydroxylation is 1. The number of hydrogen-bond donors (Lipinski definition) is 3. The van der Waals surface area contributed by atoms with E-state index in [-0.39, 0.29) is 5.91 Å². The molecule has 0 bridgehead atoms. The van der Waals surface area contributed by atoms with Crippen LogP contribution in [0.25, 0.3) is 16.7 Å². The summed E-state index contributed by atoms with van der Waals surface area (Å²) < 4.78 is 39.5. The van der Waals surface area contributed by atoms with Crippen LogP contribution in [0.1, 0.15) is 5.56 Å². The monoisotopic (exact) mass is 581 g/mol. The maximum absolute atomic E-state index is 12.3. The van der Waals surface area contributed by atoms with Crippen LogP contribution in [-0.2, 0) is 9.59 Å². The molecule has 16 heteroatoms. The zero-order valence-electron chi connectivity index (χ0n) is 21.8. The zero-order chi connectivity index (χ0) is 29.9. The number of piperazine rings is 1. The number of amides is 1. The summed E-state index contributed by atoms with van der Waals surface area (Å²) in [6, 6.07) is 13.1. The minimum absolute atomic E-state index is 0.0103. The predicted octanol–water partition coefficient (Wildman–Crippen LogP) is 3.48. The number of aromatic nitrogens is 6. The quantitative estimate of drug-likeness (QED) is 0.279. The highest BCUT2D eigenvalue weighted by Gasteiger charge is 2.38. The number of hydrogen-bond acceptors (Lipinski definition) is 10. The molecule has 3 N–H and O–H groups in total. The second-order valence-electron chi connectivity index (χ2n) is 8.92. The molecule has 0 atom stereocenters. The summed E-state index contributed by atoms with van der Waals surface area (Å²) in [6.45, 7) is 3.57. The van der Waals surface area contributed by atoms with E-state index in [4.69, 9.17) is 19.6 Å². The number of ether oxygens (including phenoxy) is 1. The molecule has 5 aromatic rings. The molecule has 1 aliphatic heterocycles. The maximum Gasteiger partial charge on any atom is 0.490 e. The van der Waals surface area contributed by atoms with Gasteiger partial charge in [-0.25, -0.2) is 29.2 Å². The number of carboxylic acids is 1. The fourth-order valence-corrected chi connectivity index (χ4v) is 3.99. The van der Waals surface area contributed by atoms with Crippen LogP contribution in [0, 0.1) is 6.92 Å². The molecule has 1 aromatic carbocycles. The van der Waals surface area contributed by atoms with Crippen LogP contribution >= 0.6 is 0 Å². The van der Waals surface area contributed by atoms with Crippen molar-refractivity contribution >= 4 is 45.9 Å². The molecule has 1 fully saturated rings. The summed E-state index contributed by atoms with van der Waals surface area (Å²) in [5.41, 5.74) is 3.76. The first-order valence-corrected chi connectivity index (χ1v) is 12.4. The predicted molar refractivity (Wildman–Crippen MR) is 144 cm³/mol. The third kappa shape index (κ3) is 6.33. The Morgan fingerprint density at radius 2 is 1.90 bits per heavy atom. The van der Waals surface area contributed by atoms with E-state index >= 15 is 0 Å². The number of fused-ring (bicyclic) bond motifs is 2. The Morgan fingerprint density at radius 1 is 1.10 bits per heavy atom. The van der Waals surface area contributed by atoms with Gasteiger partial charge in [-0.1, -0.05) is 0 Å². The Labute approximate surface area is 235 Å². The topological polar surface area (TPSA) is 160 Å². The minimum atomic E-state index is -5.08. The van der Waals surface area contributed by atoms with E-state index < -0.39 is 12.1 Å². The molecule has 4 aromatic heterocycles. The van der Waals surface area contributed by atoms with Gasteiger partial charge in [0.15, 0.2) is 11.5 Å². The average Bonchev–Trinajstić information content (AvgIpc) is 3.43. The molecule has 0 aliphatic carbocycles. The van der Waals surface area contributed by atoms with E-state index in [1.165, 1.54) is 12.7 Å². The van der Waals surface area contributed by atoms with Crippen LogP contribution in [0.4, 0.5) is 30.5 Å². The standard InChI is InChI=1S/C24H21N9O2.C2HF3O2/c1-15-10-16(2-4-19(15)35-17-6-8-33-21(11-17)27-14-29-33)30-24-23-18(26-13-28-24)3-5-20(31-23)32-9-7-25-12-22(32)34;3-2(4,5)1(6)7/h2-6,8,10-11,13-14,25H,7,9,12H2,1H3,(H,26,28,30);(H,6,7). The van der Waals surface area contributed by atoms with Gasteiger partial charge in [0.1, 0.15) is 35.5 Å². The number of halogens is 3. The molecule has 0 saturated carbocycles. The summed E-state index contributed by atoms with van der Waals surface area (Å²) in [6.07, 6.45) is -0.285. The average molecular weight is 582 g/mol. The molecule has 6 rings (SSSR count). The first kappa shape index (κ1) is 28.2. The second-order valence-corrected chi connectivity index (χ2v) is 8.92. The van der Waals surface area contributed by atoms with Gasteiger partial charge in [-0.2, -0.15) is 18.3 Å².